The molecule has 0 amide bonds. The van der Waals surface area contributed by atoms with Crippen molar-refractivity contribution in [2.75, 3.05) is 0 Å². The highest BCUT2D eigenvalue weighted by Crippen LogP contribution is 2.33. The number of hydrogen-bond donors (Lipinski definition) is 1. The van der Waals surface area contributed by atoms with Gasteiger partial charge in [0.1, 0.15) is 5.75 Å². The van der Waals surface area contributed by atoms with E-state index in [1.165, 1.54) is 0 Å². The highest BCUT2D eigenvalue weighted by Gasteiger charge is 2.13. The Hall–Kier alpha value is -4.49. The average molecular weight is 493 g/mol. The lowest BCUT2D eigenvalue weighted by molar-refractivity contribution is 0.298. The maximum Gasteiger partial charge on any atom is 0.211 e. The third kappa shape index (κ3) is 4.56. The van der Waals surface area contributed by atoms with Crippen molar-refractivity contribution in [1.29, 1.82) is 0 Å². The van der Waals surface area contributed by atoms with E-state index in [-0.39, 0.29) is 6.61 Å². The van der Waals surface area contributed by atoms with E-state index in [2.05, 4.69) is 67.7 Å². The number of H-pyrrole nitrogens is 1. The molecule has 7 nitrogen and oxygen atoms in total. The van der Waals surface area contributed by atoms with Gasteiger partial charge in [0.15, 0.2) is 6.61 Å². The quantitative estimate of drug-likeness (QED) is 0.289. The summed E-state index contributed by atoms with van der Waals surface area (Å²) in [5.74, 6) is 1.19. The van der Waals surface area contributed by atoms with Gasteiger partial charge in [-0.25, -0.2) is 4.98 Å². The predicted molar refractivity (Wildman–Crippen MR) is 142 cm³/mol. The van der Waals surface area contributed by atoms with Gasteiger partial charge < -0.3 is 9.30 Å². The molecule has 0 aliphatic rings. The van der Waals surface area contributed by atoms with Crippen LogP contribution in [0.4, 0.5) is 0 Å². The molecule has 1 N–H and O–H groups in total. The monoisotopic (exact) mass is 492 g/mol. The molecule has 36 heavy (non-hydrogen) atoms. The summed E-state index contributed by atoms with van der Waals surface area (Å²) in [4.78, 5) is 4.73. The fourth-order valence-corrected chi connectivity index (χ4v) is 4.45. The topological polar surface area (TPSA) is 81.5 Å². The van der Waals surface area contributed by atoms with Crippen LogP contribution >= 0.6 is 11.6 Å². The van der Waals surface area contributed by atoms with E-state index < -0.39 is 0 Å². The first kappa shape index (κ1) is 22.0. The zero-order valence-electron chi connectivity index (χ0n) is 19.2. The Labute approximate surface area is 212 Å². The van der Waals surface area contributed by atoms with Crippen LogP contribution in [-0.4, -0.2) is 30.2 Å². The van der Waals surface area contributed by atoms with E-state index >= 15 is 0 Å². The number of rotatable bonds is 7. The lowest BCUT2D eigenvalue weighted by Gasteiger charge is -2.12. The second kappa shape index (κ2) is 9.64. The third-order valence-corrected chi connectivity index (χ3v) is 6.28. The molecule has 6 rings (SSSR count). The number of tetrazole rings is 1. The Kier molecular flexibility index (Phi) is 5.89. The maximum absolute atomic E-state index is 6.48. The molecule has 3 aromatic carbocycles. The molecule has 0 aliphatic heterocycles. The number of benzene rings is 3. The van der Waals surface area contributed by atoms with Crippen LogP contribution in [0.3, 0.4) is 0 Å². The van der Waals surface area contributed by atoms with E-state index in [9.17, 15) is 0 Å². The van der Waals surface area contributed by atoms with Gasteiger partial charge in [0.05, 0.1) is 21.7 Å². The van der Waals surface area contributed by atoms with E-state index in [0.717, 1.165) is 38.6 Å². The fourth-order valence-electron chi connectivity index (χ4n) is 4.24. The molecule has 0 atom stereocenters. The molecule has 0 spiro atoms. The molecule has 0 radical (unpaired) electrons. The van der Waals surface area contributed by atoms with Gasteiger partial charge in [-0.1, -0.05) is 65.4 Å². The molecule has 0 bridgehead atoms. The SMILES string of the molecule is Clc1ccc(OCc2nn[nH]n2)c2c1ccn2Cc1cccc(/C=C/c2ccc3ccccc3n2)c1. The number of halogens is 1. The van der Waals surface area contributed by atoms with Crippen LogP contribution in [0.1, 0.15) is 22.6 Å². The van der Waals surface area contributed by atoms with Crippen molar-refractivity contribution in [1.82, 2.24) is 30.2 Å². The summed E-state index contributed by atoms with van der Waals surface area (Å²) >= 11 is 6.48. The van der Waals surface area contributed by atoms with E-state index in [1.54, 1.807) is 0 Å². The van der Waals surface area contributed by atoms with Gasteiger partial charge in [0, 0.05) is 23.5 Å². The van der Waals surface area contributed by atoms with Crippen LogP contribution < -0.4 is 4.74 Å². The molecular formula is C28H21ClN6O. The number of nitrogens with zero attached hydrogens (tertiary/aromatic N) is 5. The van der Waals surface area contributed by atoms with Gasteiger partial charge >= 0.3 is 0 Å². The maximum atomic E-state index is 6.48. The van der Waals surface area contributed by atoms with Crippen LogP contribution in [0.25, 0.3) is 34.0 Å². The number of fused-ring (bicyclic) bond motifs is 2. The summed E-state index contributed by atoms with van der Waals surface area (Å²) in [6.45, 7) is 0.875. The van der Waals surface area contributed by atoms with Crippen molar-refractivity contribution >= 4 is 45.6 Å². The number of para-hydroxylation sites is 1. The Bertz CT molecular complexity index is 1690. The van der Waals surface area contributed by atoms with Crippen molar-refractivity contribution in [2.24, 2.45) is 0 Å². The molecular weight excluding hydrogens is 472 g/mol. The lowest BCUT2D eigenvalue weighted by Crippen LogP contribution is -2.02. The van der Waals surface area contributed by atoms with E-state index in [1.807, 2.05) is 54.7 Å². The van der Waals surface area contributed by atoms with Crippen LogP contribution in [0.2, 0.25) is 5.02 Å². The summed E-state index contributed by atoms with van der Waals surface area (Å²) in [6, 6.07) is 26.4. The van der Waals surface area contributed by atoms with Crippen molar-refractivity contribution in [3.8, 4) is 5.75 Å². The normalized spacial score (nSPS) is 11.6. The minimum absolute atomic E-state index is 0.210. The van der Waals surface area contributed by atoms with E-state index in [0.29, 0.717) is 23.1 Å². The smallest absolute Gasteiger partial charge is 0.211 e. The standard InChI is InChI=1S/C28H21ClN6O/c29-24-12-13-26(36-18-27-31-33-34-32-27)28-23(24)14-15-35(28)17-20-5-3-4-19(16-20)8-10-22-11-9-21-6-1-2-7-25(21)30-22/h1-16H,17-18H2,(H,31,32,33,34)/b10-8+. The Morgan fingerprint density at radius 2 is 1.89 bits per heavy atom. The molecule has 8 heteroatoms. The Morgan fingerprint density at radius 1 is 0.944 bits per heavy atom. The minimum Gasteiger partial charge on any atom is -0.483 e. The number of nitrogens with one attached hydrogen (secondary N) is 1. The van der Waals surface area contributed by atoms with Gasteiger partial charge in [-0.15, -0.1) is 10.2 Å². The van der Waals surface area contributed by atoms with Crippen LogP contribution in [-0.2, 0) is 13.2 Å². The fraction of sp³-hybridized carbons (Fsp3) is 0.0714. The highest BCUT2D eigenvalue weighted by molar-refractivity contribution is 6.35. The molecule has 6 aromatic rings. The van der Waals surface area contributed by atoms with Gasteiger partial charge in [-0.05, 0) is 53.6 Å². The van der Waals surface area contributed by atoms with Gasteiger partial charge in [-0.2, -0.15) is 5.21 Å². The second-order valence-electron chi connectivity index (χ2n) is 8.38. The lowest BCUT2D eigenvalue weighted by atomic mass is 10.1. The predicted octanol–water partition coefficient (Wildman–Crippen LogP) is 6.15. The summed E-state index contributed by atoms with van der Waals surface area (Å²) in [6.07, 6.45) is 6.16. The first-order valence-electron chi connectivity index (χ1n) is 11.5. The molecule has 0 saturated carbocycles. The first-order valence-corrected chi connectivity index (χ1v) is 11.9. The number of ether oxygens (including phenoxy) is 1. The second-order valence-corrected chi connectivity index (χ2v) is 8.78. The Balaban J connectivity index is 1.25. The van der Waals surface area contributed by atoms with E-state index in [4.69, 9.17) is 21.3 Å². The highest BCUT2D eigenvalue weighted by atomic mass is 35.5. The summed E-state index contributed by atoms with van der Waals surface area (Å²) < 4.78 is 8.15. The summed E-state index contributed by atoms with van der Waals surface area (Å²) in [5.41, 5.74) is 5.10. The number of hydrogen-bond acceptors (Lipinski definition) is 5. The largest absolute Gasteiger partial charge is 0.483 e. The minimum atomic E-state index is 0.210. The zero-order valence-corrected chi connectivity index (χ0v) is 19.9. The summed E-state index contributed by atoms with van der Waals surface area (Å²) in [7, 11) is 0. The zero-order chi connectivity index (χ0) is 24.3. The molecule has 0 saturated heterocycles. The van der Waals surface area contributed by atoms with Crippen LogP contribution in [0.15, 0.2) is 85.1 Å². The average Bonchev–Trinajstić information content (AvgIpc) is 3.58. The molecule has 0 aliphatic carbocycles. The molecule has 0 fully saturated rings. The molecule has 3 aromatic heterocycles. The van der Waals surface area contributed by atoms with Gasteiger partial charge in [-0.3, -0.25) is 0 Å². The van der Waals surface area contributed by atoms with Crippen LogP contribution in [0.5, 0.6) is 5.75 Å². The van der Waals surface area contributed by atoms with Crippen molar-refractivity contribution in [3.63, 3.8) is 0 Å². The molecule has 0 unspecified atom stereocenters. The van der Waals surface area contributed by atoms with Crippen LogP contribution in [0, 0.1) is 0 Å². The first-order chi connectivity index (χ1) is 17.7. The third-order valence-electron chi connectivity index (χ3n) is 5.95. The molecule has 176 valence electrons. The van der Waals surface area contributed by atoms with Gasteiger partial charge in [0.2, 0.25) is 5.82 Å². The molecule has 3 heterocycles. The number of aromatic nitrogens is 6. The number of pyridine rings is 1. The van der Waals surface area contributed by atoms with Crippen molar-refractivity contribution < 1.29 is 4.74 Å². The number of aromatic amines is 1. The Morgan fingerprint density at radius 3 is 2.81 bits per heavy atom. The van der Waals surface area contributed by atoms with Gasteiger partial charge in [0.25, 0.3) is 0 Å². The summed E-state index contributed by atoms with van der Waals surface area (Å²) in [5, 5.41) is 16.7. The van der Waals surface area contributed by atoms with Crippen molar-refractivity contribution in [3.05, 3.63) is 113 Å². The van der Waals surface area contributed by atoms with Crippen molar-refractivity contribution in [2.45, 2.75) is 13.2 Å².